The lowest BCUT2D eigenvalue weighted by Gasteiger charge is -2.14. The summed E-state index contributed by atoms with van der Waals surface area (Å²) in [6.07, 6.45) is 1.86. The average Bonchev–Trinajstić information content (AvgIpc) is 2.49. The van der Waals surface area contributed by atoms with Crippen LogP contribution in [-0.4, -0.2) is 29.0 Å². The van der Waals surface area contributed by atoms with E-state index in [1.165, 1.54) is 5.59 Å². The standard InChI is InChI=1S/C9H18B2N3/c1-7(2)10-14-9(6-12-13-14)11(5)8(3)4/h6-8H,1-5H3. The summed E-state index contributed by atoms with van der Waals surface area (Å²) in [5.74, 6) is 1.11. The topological polar surface area (TPSA) is 30.7 Å². The van der Waals surface area contributed by atoms with Crippen molar-refractivity contribution in [1.29, 1.82) is 0 Å². The Labute approximate surface area is 87.6 Å². The van der Waals surface area contributed by atoms with Crippen LogP contribution in [0.3, 0.4) is 0 Å². The van der Waals surface area contributed by atoms with Crippen LogP contribution in [0.5, 0.6) is 0 Å². The Morgan fingerprint density at radius 2 is 2.00 bits per heavy atom. The number of hydrogen-bond acceptors (Lipinski definition) is 2. The zero-order chi connectivity index (χ0) is 10.7. The zero-order valence-electron chi connectivity index (χ0n) is 9.73. The van der Waals surface area contributed by atoms with Crippen LogP contribution in [0.2, 0.25) is 18.5 Å². The summed E-state index contributed by atoms with van der Waals surface area (Å²) in [5, 5.41) is 8.03. The molecule has 1 aromatic rings. The minimum absolute atomic E-state index is 0.495. The van der Waals surface area contributed by atoms with E-state index in [1.54, 1.807) is 0 Å². The molecule has 0 saturated carbocycles. The highest BCUT2D eigenvalue weighted by atomic mass is 15.4. The zero-order valence-corrected chi connectivity index (χ0v) is 9.73. The van der Waals surface area contributed by atoms with Crippen molar-refractivity contribution in [3.8, 4) is 0 Å². The highest BCUT2D eigenvalue weighted by molar-refractivity contribution is 6.73. The molecule has 5 heteroatoms. The first kappa shape index (κ1) is 11.3. The van der Waals surface area contributed by atoms with E-state index in [0.717, 1.165) is 0 Å². The van der Waals surface area contributed by atoms with Crippen LogP contribution in [0.15, 0.2) is 6.20 Å². The molecule has 0 aliphatic carbocycles. The summed E-state index contributed by atoms with van der Waals surface area (Å²) in [6.45, 7) is 11.4. The van der Waals surface area contributed by atoms with Gasteiger partial charge >= 0.3 is 0 Å². The molecule has 0 N–H and O–H groups in total. The maximum absolute atomic E-state index is 4.07. The van der Waals surface area contributed by atoms with Gasteiger partial charge in [-0.25, -0.2) is 0 Å². The van der Waals surface area contributed by atoms with Crippen molar-refractivity contribution < 1.29 is 0 Å². The van der Waals surface area contributed by atoms with Crippen molar-refractivity contribution in [2.45, 2.75) is 46.2 Å². The van der Waals surface area contributed by atoms with Crippen molar-refractivity contribution in [1.82, 2.24) is 14.9 Å². The first-order valence-electron chi connectivity index (χ1n) is 5.27. The summed E-state index contributed by atoms with van der Waals surface area (Å²) in [4.78, 5) is 0. The molecule has 0 aromatic carbocycles. The SMILES string of the molecule is CB(c1cnnn1[B]C(C)C)C(C)C. The number of nitrogens with zero attached hydrogens (tertiary/aromatic N) is 3. The van der Waals surface area contributed by atoms with Crippen LogP contribution in [0.4, 0.5) is 0 Å². The first-order chi connectivity index (χ1) is 6.52. The molecule has 3 nitrogen and oxygen atoms in total. The van der Waals surface area contributed by atoms with E-state index in [1.807, 2.05) is 10.8 Å². The Balaban J connectivity index is 2.81. The Hall–Kier alpha value is -0.730. The lowest BCUT2D eigenvalue weighted by Crippen LogP contribution is -2.38. The largest absolute Gasteiger partial charge is 0.309 e. The van der Waals surface area contributed by atoms with Crippen LogP contribution < -0.4 is 5.59 Å². The second kappa shape index (κ2) is 4.67. The lowest BCUT2D eigenvalue weighted by atomic mass is 9.41. The van der Waals surface area contributed by atoms with Crippen molar-refractivity contribution >= 4 is 19.7 Å². The van der Waals surface area contributed by atoms with Gasteiger partial charge in [-0.05, 0) is 5.82 Å². The third kappa shape index (κ3) is 2.63. The van der Waals surface area contributed by atoms with Gasteiger partial charge in [0.25, 0.3) is 7.41 Å². The molecule has 1 aromatic heterocycles. The second-order valence-electron chi connectivity index (χ2n) is 4.53. The van der Waals surface area contributed by atoms with E-state index in [9.17, 15) is 0 Å². The van der Waals surface area contributed by atoms with Crippen molar-refractivity contribution in [2.75, 3.05) is 0 Å². The van der Waals surface area contributed by atoms with Crippen LogP contribution in [-0.2, 0) is 0 Å². The van der Waals surface area contributed by atoms with Gasteiger partial charge < -0.3 is 4.59 Å². The molecule has 75 valence electrons. The predicted octanol–water partition coefficient (Wildman–Crippen LogP) is 1.32. The molecule has 0 amide bonds. The van der Waals surface area contributed by atoms with Crippen LogP contribution in [0.25, 0.3) is 0 Å². The molecule has 0 aliphatic rings. The maximum atomic E-state index is 4.07. The molecule has 1 radical (unpaired) electrons. The molecule has 1 heterocycles. The smallest absolute Gasteiger partial charge is 0.283 e. The Bertz CT molecular complexity index is 283. The Morgan fingerprint density at radius 1 is 1.36 bits per heavy atom. The maximum Gasteiger partial charge on any atom is 0.283 e. The summed E-state index contributed by atoms with van der Waals surface area (Å²) in [5.41, 5.74) is 1.20. The fraction of sp³-hybridized carbons (Fsp3) is 0.778. The summed E-state index contributed by atoms with van der Waals surface area (Å²) >= 11 is 0. The fourth-order valence-corrected chi connectivity index (χ4v) is 1.32. The van der Waals surface area contributed by atoms with E-state index >= 15 is 0 Å². The molecule has 1 rings (SSSR count). The van der Waals surface area contributed by atoms with Crippen molar-refractivity contribution in [3.63, 3.8) is 0 Å². The predicted molar refractivity (Wildman–Crippen MR) is 62.6 cm³/mol. The normalized spacial score (nSPS) is 11.1. The van der Waals surface area contributed by atoms with Crippen LogP contribution in [0.1, 0.15) is 27.7 Å². The summed E-state index contributed by atoms with van der Waals surface area (Å²) < 4.78 is 1.91. The van der Waals surface area contributed by atoms with E-state index in [2.05, 4.69) is 52.2 Å². The van der Waals surface area contributed by atoms with E-state index in [4.69, 9.17) is 0 Å². The first-order valence-corrected chi connectivity index (χ1v) is 5.27. The molecule has 0 fully saturated rings. The molecule has 0 spiro atoms. The lowest BCUT2D eigenvalue weighted by molar-refractivity contribution is 0.852. The van der Waals surface area contributed by atoms with E-state index in [-0.39, 0.29) is 0 Å². The van der Waals surface area contributed by atoms with Gasteiger partial charge in [-0.2, -0.15) is 0 Å². The monoisotopic (exact) mass is 190 g/mol. The Morgan fingerprint density at radius 3 is 2.50 bits per heavy atom. The summed E-state index contributed by atoms with van der Waals surface area (Å²) in [7, 11) is 2.10. The minimum atomic E-state index is 0.495. The van der Waals surface area contributed by atoms with Crippen molar-refractivity contribution in [2.24, 2.45) is 0 Å². The van der Waals surface area contributed by atoms with Gasteiger partial charge in [-0.3, -0.25) is 0 Å². The molecule has 0 atom stereocenters. The minimum Gasteiger partial charge on any atom is -0.309 e. The molecule has 0 bridgehead atoms. The third-order valence-electron chi connectivity index (χ3n) is 2.51. The molecule has 14 heavy (non-hydrogen) atoms. The molecule has 0 unspecified atom stereocenters. The Kier molecular flexibility index (Phi) is 3.78. The number of aromatic nitrogens is 3. The van der Waals surface area contributed by atoms with Gasteiger partial charge in [0.15, 0.2) is 6.71 Å². The summed E-state index contributed by atoms with van der Waals surface area (Å²) in [6, 6.07) is 0. The highest BCUT2D eigenvalue weighted by Gasteiger charge is 2.20. The van der Waals surface area contributed by atoms with Crippen LogP contribution >= 0.6 is 0 Å². The second-order valence-corrected chi connectivity index (χ2v) is 4.53. The van der Waals surface area contributed by atoms with E-state index < -0.39 is 0 Å². The van der Waals surface area contributed by atoms with Gasteiger partial charge in [-0.1, -0.05) is 45.5 Å². The molecule has 0 aliphatic heterocycles. The van der Waals surface area contributed by atoms with Gasteiger partial charge in [0.05, 0.1) is 6.20 Å². The van der Waals surface area contributed by atoms with Crippen molar-refractivity contribution in [3.05, 3.63) is 6.20 Å². The third-order valence-corrected chi connectivity index (χ3v) is 2.51. The molecular weight excluding hydrogens is 172 g/mol. The number of rotatable bonds is 4. The fourth-order valence-electron chi connectivity index (χ4n) is 1.32. The number of hydrogen-bond donors (Lipinski definition) is 0. The average molecular weight is 190 g/mol. The molecular formula is C9H18B2N3. The van der Waals surface area contributed by atoms with Gasteiger partial charge in [-0.15, -0.1) is 5.10 Å². The van der Waals surface area contributed by atoms with Crippen LogP contribution in [0, 0.1) is 0 Å². The van der Waals surface area contributed by atoms with Gasteiger partial charge in [0, 0.05) is 5.59 Å². The highest BCUT2D eigenvalue weighted by Crippen LogP contribution is 2.07. The van der Waals surface area contributed by atoms with Gasteiger partial charge in [0.1, 0.15) is 0 Å². The van der Waals surface area contributed by atoms with E-state index in [0.29, 0.717) is 18.3 Å². The molecule has 0 saturated heterocycles. The van der Waals surface area contributed by atoms with Gasteiger partial charge in [0.2, 0.25) is 0 Å². The quantitative estimate of drug-likeness (QED) is 0.670.